The fourth-order valence-electron chi connectivity index (χ4n) is 5.65. The summed E-state index contributed by atoms with van der Waals surface area (Å²) in [5.41, 5.74) is 8.27. The minimum Gasteiger partial charge on any atom is -0.327 e. The van der Waals surface area contributed by atoms with Gasteiger partial charge in [-0.3, -0.25) is 4.98 Å². The summed E-state index contributed by atoms with van der Waals surface area (Å²) in [6.45, 7) is 0. The Kier molecular flexibility index (Phi) is 3.08. The smallest absolute Gasteiger partial charge is 0.0621 e. The van der Waals surface area contributed by atoms with E-state index in [1.54, 1.807) is 6.20 Å². The van der Waals surface area contributed by atoms with Gasteiger partial charge in [0.15, 0.2) is 0 Å². The number of nitrogens with zero attached hydrogens (tertiary/aromatic N) is 1. The molecule has 0 aliphatic heterocycles. The van der Waals surface area contributed by atoms with Crippen LogP contribution in [0.25, 0.3) is 0 Å². The Morgan fingerprint density at radius 1 is 1.20 bits per heavy atom. The standard InChI is InChI=1S/C17H23ClN2/c18-15-10-20-2-1-14(15)6-16(19)17-7-11-3-12(8-17)5-13(4-11)9-17/h1-2,10-13,16H,3-9,19H2. The molecule has 108 valence electrons. The molecule has 4 aliphatic carbocycles. The molecule has 0 saturated heterocycles. The van der Waals surface area contributed by atoms with E-state index in [1.807, 2.05) is 12.3 Å². The van der Waals surface area contributed by atoms with E-state index in [1.165, 1.54) is 44.1 Å². The van der Waals surface area contributed by atoms with Crippen molar-refractivity contribution in [2.24, 2.45) is 28.9 Å². The van der Waals surface area contributed by atoms with Crippen LogP contribution in [0.4, 0.5) is 0 Å². The summed E-state index contributed by atoms with van der Waals surface area (Å²) in [5.74, 6) is 2.88. The van der Waals surface area contributed by atoms with E-state index < -0.39 is 0 Å². The zero-order chi connectivity index (χ0) is 13.7. The maximum atomic E-state index is 6.69. The third-order valence-electron chi connectivity index (χ3n) is 6.17. The van der Waals surface area contributed by atoms with Gasteiger partial charge < -0.3 is 5.73 Å². The van der Waals surface area contributed by atoms with Gasteiger partial charge in [-0.15, -0.1) is 0 Å². The Morgan fingerprint density at radius 2 is 1.80 bits per heavy atom. The molecule has 5 rings (SSSR count). The molecule has 0 radical (unpaired) electrons. The molecule has 2 nitrogen and oxygen atoms in total. The van der Waals surface area contributed by atoms with E-state index in [-0.39, 0.29) is 6.04 Å². The van der Waals surface area contributed by atoms with Crippen LogP contribution in [0.2, 0.25) is 5.02 Å². The summed E-state index contributed by atoms with van der Waals surface area (Å²) < 4.78 is 0. The highest BCUT2D eigenvalue weighted by Crippen LogP contribution is 2.61. The predicted octanol–water partition coefficient (Wildman–Crippen LogP) is 3.82. The molecule has 1 heterocycles. The fourth-order valence-corrected chi connectivity index (χ4v) is 5.85. The van der Waals surface area contributed by atoms with Crippen molar-refractivity contribution in [3.05, 3.63) is 29.0 Å². The maximum Gasteiger partial charge on any atom is 0.0621 e. The lowest BCUT2D eigenvalue weighted by molar-refractivity contribution is -0.0667. The first-order valence-electron chi connectivity index (χ1n) is 7.98. The molecule has 1 atom stereocenters. The number of rotatable bonds is 3. The van der Waals surface area contributed by atoms with Crippen molar-refractivity contribution in [1.82, 2.24) is 4.98 Å². The molecule has 1 aromatic rings. The molecule has 4 saturated carbocycles. The van der Waals surface area contributed by atoms with Gasteiger partial charge in [0.2, 0.25) is 0 Å². The molecular formula is C17H23ClN2. The monoisotopic (exact) mass is 290 g/mol. The Hall–Kier alpha value is -0.600. The SMILES string of the molecule is NC(Cc1ccncc1Cl)C12CC3CC(CC(C3)C1)C2. The van der Waals surface area contributed by atoms with Gasteiger partial charge in [-0.05, 0) is 79.7 Å². The molecule has 1 unspecified atom stereocenters. The summed E-state index contributed by atoms with van der Waals surface area (Å²) in [4.78, 5) is 4.07. The Labute approximate surface area is 126 Å². The molecule has 4 fully saturated rings. The molecule has 0 spiro atoms. The number of hydrogen-bond acceptors (Lipinski definition) is 2. The summed E-state index contributed by atoms with van der Waals surface area (Å²) in [5, 5.41) is 0.771. The molecule has 20 heavy (non-hydrogen) atoms. The van der Waals surface area contributed by atoms with Crippen molar-refractivity contribution in [3.63, 3.8) is 0 Å². The average Bonchev–Trinajstić information content (AvgIpc) is 2.40. The summed E-state index contributed by atoms with van der Waals surface area (Å²) in [6, 6.07) is 2.29. The normalized spacial score (nSPS) is 40.0. The molecule has 4 bridgehead atoms. The molecular weight excluding hydrogens is 268 g/mol. The van der Waals surface area contributed by atoms with Crippen molar-refractivity contribution < 1.29 is 0 Å². The van der Waals surface area contributed by atoms with Crippen molar-refractivity contribution in [2.75, 3.05) is 0 Å². The second-order valence-electron chi connectivity index (χ2n) is 7.56. The van der Waals surface area contributed by atoms with Crippen LogP contribution in [0, 0.1) is 23.2 Å². The van der Waals surface area contributed by atoms with Gasteiger partial charge in [0, 0.05) is 18.4 Å². The average molecular weight is 291 g/mol. The lowest BCUT2D eigenvalue weighted by Crippen LogP contribution is -2.55. The fraction of sp³-hybridized carbons (Fsp3) is 0.706. The number of halogens is 1. The van der Waals surface area contributed by atoms with Crippen molar-refractivity contribution in [1.29, 1.82) is 0 Å². The Balaban J connectivity index is 1.56. The van der Waals surface area contributed by atoms with E-state index >= 15 is 0 Å². The zero-order valence-electron chi connectivity index (χ0n) is 11.9. The van der Waals surface area contributed by atoms with Crippen LogP contribution in [0.5, 0.6) is 0 Å². The van der Waals surface area contributed by atoms with Gasteiger partial charge in [-0.25, -0.2) is 0 Å². The molecule has 2 N–H and O–H groups in total. The van der Waals surface area contributed by atoms with E-state index in [2.05, 4.69) is 4.98 Å². The lowest BCUT2D eigenvalue weighted by atomic mass is 9.47. The van der Waals surface area contributed by atoms with Gasteiger partial charge in [-0.1, -0.05) is 11.6 Å². The predicted molar refractivity (Wildman–Crippen MR) is 81.5 cm³/mol. The first-order chi connectivity index (χ1) is 9.64. The van der Waals surface area contributed by atoms with E-state index in [9.17, 15) is 0 Å². The van der Waals surface area contributed by atoms with Gasteiger partial charge in [0.25, 0.3) is 0 Å². The molecule has 0 aromatic carbocycles. The highest BCUT2D eigenvalue weighted by molar-refractivity contribution is 6.31. The minimum absolute atomic E-state index is 0.260. The molecule has 4 aliphatic rings. The maximum absolute atomic E-state index is 6.69. The second-order valence-corrected chi connectivity index (χ2v) is 7.96. The highest BCUT2D eigenvalue weighted by atomic mass is 35.5. The molecule has 0 amide bonds. The number of pyridine rings is 1. The largest absolute Gasteiger partial charge is 0.327 e. The van der Waals surface area contributed by atoms with Crippen LogP contribution >= 0.6 is 11.6 Å². The van der Waals surface area contributed by atoms with Crippen molar-refractivity contribution in [3.8, 4) is 0 Å². The van der Waals surface area contributed by atoms with Crippen molar-refractivity contribution in [2.45, 2.75) is 51.0 Å². The van der Waals surface area contributed by atoms with Crippen LogP contribution in [-0.2, 0) is 6.42 Å². The first-order valence-corrected chi connectivity index (χ1v) is 8.36. The Morgan fingerprint density at radius 3 is 2.35 bits per heavy atom. The van der Waals surface area contributed by atoms with E-state index in [4.69, 9.17) is 17.3 Å². The minimum atomic E-state index is 0.260. The van der Waals surface area contributed by atoms with Crippen LogP contribution in [-0.4, -0.2) is 11.0 Å². The van der Waals surface area contributed by atoms with Gasteiger partial charge in [0.05, 0.1) is 5.02 Å². The molecule has 1 aromatic heterocycles. The number of hydrogen-bond donors (Lipinski definition) is 1. The van der Waals surface area contributed by atoms with Gasteiger partial charge >= 0.3 is 0 Å². The Bertz CT molecular complexity index is 478. The number of aromatic nitrogens is 1. The second kappa shape index (κ2) is 4.71. The third-order valence-corrected chi connectivity index (χ3v) is 6.51. The van der Waals surface area contributed by atoms with Crippen molar-refractivity contribution >= 4 is 11.6 Å². The first kappa shape index (κ1) is 13.1. The zero-order valence-corrected chi connectivity index (χ0v) is 12.6. The lowest BCUT2D eigenvalue weighted by Gasteiger charge is -2.59. The van der Waals surface area contributed by atoms with Crippen LogP contribution < -0.4 is 5.73 Å². The van der Waals surface area contributed by atoms with Crippen LogP contribution in [0.15, 0.2) is 18.5 Å². The van der Waals surface area contributed by atoms with E-state index in [0.717, 1.165) is 29.2 Å². The number of nitrogens with two attached hydrogens (primary N) is 1. The molecule has 3 heteroatoms. The van der Waals surface area contributed by atoms with Gasteiger partial charge in [0.1, 0.15) is 0 Å². The van der Waals surface area contributed by atoms with Crippen LogP contribution in [0.3, 0.4) is 0 Å². The topological polar surface area (TPSA) is 38.9 Å². The highest BCUT2D eigenvalue weighted by Gasteiger charge is 2.53. The van der Waals surface area contributed by atoms with E-state index in [0.29, 0.717) is 5.41 Å². The van der Waals surface area contributed by atoms with Gasteiger partial charge in [-0.2, -0.15) is 0 Å². The third kappa shape index (κ3) is 2.08. The summed E-state index contributed by atoms with van der Waals surface area (Å²) in [7, 11) is 0. The summed E-state index contributed by atoms with van der Waals surface area (Å²) >= 11 is 6.26. The quantitative estimate of drug-likeness (QED) is 0.919. The van der Waals surface area contributed by atoms with Crippen LogP contribution in [0.1, 0.15) is 44.1 Å². The summed E-state index contributed by atoms with van der Waals surface area (Å²) in [6.07, 6.45) is 13.0.